The van der Waals surface area contributed by atoms with E-state index in [1.165, 1.54) is 25.1 Å². The topological polar surface area (TPSA) is 112 Å². The molecule has 2 N–H and O–H groups in total. The van der Waals surface area contributed by atoms with Crippen molar-refractivity contribution >= 4 is 59.8 Å². The number of carbonyl (C=O) groups is 1. The van der Waals surface area contributed by atoms with Gasteiger partial charge < -0.3 is 28.7 Å². The molecule has 0 spiro atoms. The molecule has 0 amide bonds. The van der Waals surface area contributed by atoms with Crippen LogP contribution in [0.15, 0.2) is 121 Å². The van der Waals surface area contributed by atoms with E-state index in [0.717, 1.165) is 22.4 Å². The first-order chi connectivity index (χ1) is 26.3. The van der Waals surface area contributed by atoms with Gasteiger partial charge in [0, 0.05) is 16.7 Å². The highest BCUT2D eigenvalue weighted by molar-refractivity contribution is 7.51. The van der Waals surface area contributed by atoms with Gasteiger partial charge in [-0.15, -0.1) is 0 Å². The van der Waals surface area contributed by atoms with Crippen LogP contribution in [0.2, 0.25) is 20.1 Å². The average Bonchev–Trinajstić information content (AvgIpc) is 3.15. The molecular formula is C42H35Cl4O8P. The molecule has 6 rings (SSSR count). The van der Waals surface area contributed by atoms with Crippen molar-refractivity contribution in [3.8, 4) is 56.8 Å². The predicted octanol–water partition coefficient (Wildman–Crippen LogP) is 13.5. The summed E-state index contributed by atoms with van der Waals surface area (Å²) in [7, 11) is -2.15. The molecule has 0 aliphatic carbocycles. The summed E-state index contributed by atoms with van der Waals surface area (Å²) in [4.78, 5) is 21.3. The second kappa shape index (κ2) is 18.9. The number of halogens is 4. The van der Waals surface area contributed by atoms with Crippen molar-refractivity contribution in [2.75, 3.05) is 13.7 Å². The molecule has 55 heavy (non-hydrogen) atoms. The Morgan fingerprint density at radius 3 is 1.64 bits per heavy atom. The monoisotopic (exact) mass is 838 g/mol. The lowest BCUT2D eigenvalue weighted by molar-refractivity contribution is 0.101. The van der Waals surface area contributed by atoms with Crippen molar-refractivity contribution < 1.29 is 38.1 Å². The van der Waals surface area contributed by atoms with Gasteiger partial charge in [-0.1, -0.05) is 107 Å². The summed E-state index contributed by atoms with van der Waals surface area (Å²) in [5.74, 6) is 2.24. The third kappa shape index (κ3) is 11.1. The lowest BCUT2D eigenvalue weighted by Crippen LogP contribution is -1.95. The van der Waals surface area contributed by atoms with E-state index in [1.807, 2.05) is 72.8 Å². The van der Waals surface area contributed by atoms with Gasteiger partial charge >= 0.3 is 7.60 Å². The van der Waals surface area contributed by atoms with E-state index in [1.54, 1.807) is 44.4 Å². The van der Waals surface area contributed by atoms with Gasteiger partial charge in [-0.2, -0.15) is 0 Å². The highest BCUT2D eigenvalue weighted by atomic mass is 35.5. The van der Waals surface area contributed by atoms with E-state index in [9.17, 15) is 19.4 Å². The molecule has 1 atom stereocenters. The van der Waals surface area contributed by atoms with Crippen molar-refractivity contribution in [3.63, 3.8) is 0 Å². The molecule has 0 aromatic heterocycles. The fraction of sp³-hybridized carbons (Fsp3) is 0.119. The highest BCUT2D eigenvalue weighted by Gasteiger charge is 2.22. The van der Waals surface area contributed by atoms with Crippen LogP contribution in [0, 0.1) is 0 Å². The Balaban J connectivity index is 0.000000212. The molecule has 0 aliphatic rings. The Bertz CT molecular complexity index is 2290. The number of rotatable bonds is 12. The maximum Gasteiger partial charge on any atom is 0.332 e. The third-order valence-corrected chi connectivity index (χ3v) is 10.5. The first-order valence-electron chi connectivity index (χ1n) is 16.7. The van der Waals surface area contributed by atoms with Crippen molar-refractivity contribution in [2.45, 2.75) is 20.0 Å². The molecule has 0 heterocycles. The van der Waals surface area contributed by atoms with Gasteiger partial charge in [-0.05, 0) is 91.2 Å². The number of benzene rings is 6. The minimum atomic E-state index is -3.77. The zero-order chi connectivity index (χ0) is 39.7. The molecule has 1 unspecified atom stereocenters. The molecule has 6 aromatic rings. The summed E-state index contributed by atoms with van der Waals surface area (Å²) in [6, 6.07) is 35.6. The van der Waals surface area contributed by atoms with Crippen LogP contribution in [0.1, 0.15) is 29.8 Å². The van der Waals surface area contributed by atoms with Crippen LogP contribution in [0.5, 0.6) is 34.5 Å². The molecule has 0 fully saturated rings. The van der Waals surface area contributed by atoms with Crippen LogP contribution in [0.4, 0.5) is 0 Å². The molecule has 6 aromatic carbocycles. The molecule has 13 heteroatoms. The zero-order valence-electron chi connectivity index (χ0n) is 29.8. The second-order valence-corrected chi connectivity index (χ2v) is 15.4. The Morgan fingerprint density at radius 2 is 1.15 bits per heavy atom. The lowest BCUT2D eigenvalue weighted by atomic mass is 10.0. The number of ketones is 1. The van der Waals surface area contributed by atoms with Gasteiger partial charge in [0.1, 0.15) is 23.0 Å². The molecule has 0 saturated heterocycles. The van der Waals surface area contributed by atoms with E-state index in [0.29, 0.717) is 33.9 Å². The van der Waals surface area contributed by atoms with E-state index in [-0.39, 0.29) is 50.1 Å². The highest BCUT2D eigenvalue weighted by Crippen LogP contribution is 2.48. The van der Waals surface area contributed by atoms with E-state index in [4.69, 9.17) is 65.1 Å². The number of methoxy groups -OCH3 is 1. The number of carbonyl (C=O) groups excluding carboxylic acids is 1. The predicted molar refractivity (Wildman–Crippen MR) is 220 cm³/mol. The van der Waals surface area contributed by atoms with Crippen LogP contribution in [0.25, 0.3) is 22.3 Å². The summed E-state index contributed by atoms with van der Waals surface area (Å²) in [6.07, 6.45) is -0.210. The summed E-state index contributed by atoms with van der Waals surface area (Å²) in [5.41, 5.74) is 4.22. The van der Waals surface area contributed by atoms with Crippen LogP contribution in [0.3, 0.4) is 0 Å². The fourth-order valence-corrected chi connectivity index (χ4v) is 7.71. The lowest BCUT2D eigenvalue weighted by Gasteiger charge is -2.15. The molecule has 0 radical (unpaired) electrons. The van der Waals surface area contributed by atoms with Crippen molar-refractivity contribution in [1.29, 1.82) is 0 Å². The van der Waals surface area contributed by atoms with Gasteiger partial charge in [-0.25, -0.2) is 0 Å². The van der Waals surface area contributed by atoms with Crippen LogP contribution in [-0.2, 0) is 15.3 Å². The smallest absolute Gasteiger partial charge is 0.332 e. The van der Waals surface area contributed by atoms with Gasteiger partial charge in [0.2, 0.25) is 0 Å². The number of phenols is 1. The summed E-state index contributed by atoms with van der Waals surface area (Å²) < 4.78 is 34.1. The van der Waals surface area contributed by atoms with Gasteiger partial charge in [0.05, 0.1) is 40.0 Å². The van der Waals surface area contributed by atoms with Gasteiger partial charge in [0.15, 0.2) is 17.3 Å². The Hall–Kier alpha value is -4.50. The largest absolute Gasteiger partial charge is 0.507 e. The number of hydrogen-bond donors (Lipinski definition) is 2. The minimum absolute atomic E-state index is 0.115. The molecule has 0 bridgehead atoms. The van der Waals surface area contributed by atoms with E-state index >= 15 is 0 Å². The molecular weight excluding hydrogens is 805 g/mol. The van der Waals surface area contributed by atoms with Crippen molar-refractivity contribution in [1.82, 2.24) is 0 Å². The summed E-state index contributed by atoms with van der Waals surface area (Å²) in [5, 5.41) is 11.1. The Labute approximate surface area is 339 Å². The standard InChI is InChI=1S/C21H19Cl2O5P.C21H16Cl2O3/c1-2-27-29(25,26)13-14-10-18(22)21(19(23)11-14)28-16-8-9-20(24)17(12-16)15-6-4-3-5-7-15;1-13(24)15-10-18(22)21(19(23)11-15)26-16-8-9-20(25-2)17(12-16)14-6-4-3-5-7-14/h3-12,24H,2,13H2,1H3,(H,25,26);3-12H,1-2H3. The third-order valence-electron chi connectivity index (χ3n) is 7.92. The SMILES string of the molecule is CCOP(=O)(O)Cc1cc(Cl)c(Oc2ccc(O)c(-c3ccccc3)c2)c(Cl)c1.COc1ccc(Oc2c(Cl)cc(C(C)=O)cc2Cl)cc1-c1ccccc1. The Morgan fingerprint density at radius 1 is 0.673 bits per heavy atom. The van der Waals surface area contributed by atoms with Crippen LogP contribution in [-0.4, -0.2) is 29.5 Å². The summed E-state index contributed by atoms with van der Waals surface area (Å²) in [6.45, 7) is 3.22. The number of phenolic OH excluding ortho intramolecular Hbond substituents is 1. The molecule has 0 aliphatic heterocycles. The van der Waals surface area contributed by atoms with Crippen molar-refractivity contribution in [3.05, 3.63) is 153 Å². The van der Waals surface area contributed by atoms with Crippen LogP contribution < -0.4 is 14.2 Å². The number of hydrogen-bond acceptors (Lipinski definition) is 7. The quantitative estimate of drug-likeness (QED) is 0.0926. The van der Waals surface area contributed by atoms with Gasteiger partial charge in [-0.3, -0.25) is 9.36 Å². The molecule has 0 saturated carbocycles. The number of Topliss-reactive ketones (excluding diaryl/α,β-unsaturated/α-hetero) is 1. The normalized spacial score (nSPS) is 11.9. The Kier molecular flexibility index (Phi) is 14.3. The summed E-state index contributed by atoms with van der Waals surface area (Å²) >= 11 is 25.1. The average molecular weight is 841 g/mol. The molecule has 8 nitrogen and oxygen atoms in total. The molecule has 284 valence electrons. The zero-order valence-corrected chi connectivity index (χ0v) is 33.7. The fourth-order valence-electron chi connectivity index (χ4n) is 5.40. The van der Waals surface area contributed by atoms with Crippen LogP contribution >= 0.6 is 54.0 Å². The number of aromatic hydroxyl groups is 1. The first kappa shape index (κ1) is 41.7. The number of ether oxygens (including phenoxy) is 3. The minimum Gasteiger partial charge on any atom is -0.507 e. The first-order valence-corrected chi connectivity index (χ1v) is 20.0. The van der Waals surface area contributed by atoms with Crippen molar-refractivity contribution in [2.24, 2.45) is 0 Å². The van der Waals surface area contributed by atoms with Gasteiger partial charge in [0.25, 0.3) is 0 Å². The maximum absolute atomic E-state index is 12.0. The maximum atomic E-state index is 12.0. The second-order valence-electron chi connectivity index (χ2n) is 11.9. The van der Waals surface area contributed by atoms with E-state index < -0.39 is 7.60 Å². The van der Waals surface area contributed by atoms with E-state index in [2.05, 4.69) is 0 Å².